The van der Waals surface area contributed by atoms with Crippen LogP contribution in [0, 0.1) is 29.2 Å². The van der Waals surface area contributed by atoms with Gasteiger partial charge in [-0.15, -0.1) is 0 Å². The molecule has 2 aromatic carbocycles. The second kappa shape index (κ2) is 5.48. The summed E-state index contributed by atoms with van der Waals surface area (Å²) in [6.45, 7) is 3.50. The largest absolute Gasteiger partial charge is 0.594 e. The molecular formula is C14H13N3O3. The molecule has 0 fully saturated rings. The number of para-hydroxylation sites is 1. The number of rotatable bonds is 3. The summed E-state index contributed by atoms with van der Waals surface area (Å²) in [6, 6.07) is 11.3. The van der Waals surface area contributed by atoms with Crippen LogP contribution in [0.4, 0.5) is 17.1 Å². The van der Waals surface area contributed by atoms with Crippen LogP contribution in [0.2, 0.25) is 0 Å². The van der Waals surface area contributed by atoms with Gasteiger partial charge in [0.1, 0.15) is 5.69 Å². The third-order valence-electron chi connectivity index (χ3n) is 2.91. The van der Waals surface area contributed by atoms with Gasteiger partial charge in [0.15, 0.2) is 0 Å². The van der Waals surface area contributed by atoms with Crippen molar-refractivity contribution in [2.75, 3.05) is 0 Å². The van der Waals surface area contributed by atoms with Crippen LogP contribution < -0.4 is 0 Å². The molecule has 0 aromatic heterocycles. The summed E-state index contributed by atoms with van der Waals surface area (Å²) in [4.78, 5) is 10.7. The molecule has 6 heteroatoms. The first-order chi connectivity index (χ1) is 9.49. The maximum Gasteiger partial charge on any atom is 0.269 e. The number of hydrogen-bond acceptors (Lipinski definition) is 4. The lowest BCUT2D eigenvalue weighted by Gasteiger charge is -2.03. The summed E-state index contributed by atoms with van der Waals surface area (Å²) in [7, 11) is 0. The monoisotopic (exact) mass is 271 g/mol. The van der Waals surface area contributed by atoms with Gasteiger partial charge in [-0.25, -0.2) is 0 Å². The van der Waals surface area contributed by atoms with E-state index in [4.69, 9.17) is 0 Å². The fourth-order valence-electron chi connectivity index (χ4n) is 1.80. The first-order valence-electron chi connectivity index (χ1n) is 5.98. The van der Waals surface area contributed by atoms with Crippen molar-refractivity contribution in [1.82, 2.24) is 0 Å². The number of nitrogens with zero attached hydrogens (tertiary/aromatic N) is 3. The predicted molar refractivity (Wildman–Crippen MR) is 74.4 cm³/mol. The molecule has 2 rings (SSSR count). The summed E-state index contributed by atoms with van der Waals surface area (Å²) in [5.41, 5.74) is 2.23. The number of nitro groups is 1. The van der Waals surface area contributed by atoms with Crippen LogP contribution >= 0.6 is 0 Å². The van der Waals surface area contributed by atoms with Crippen molar-refractivity contribution in [3.63, 3.8) is 0 Å². The first kappa shape index (κ1) is 13.7. The number of hydrogen-bond donors (Lipinski definition) is 0. The van der Waals surface area contributed by atoms with Crippen molar-refractivity contribution in [2.24, 2.45) is 5.11 Å². The number of non-ortho nitro benzene ring substituents is 1. The van der Waals surface area contributed by atoms with E-state index in [0.717, 1.165) is 5.56 Å². The summed E-state index contributed by atoms with van der Waals surface area (Å²) < 4.78 is 0. The van der Waals surface area contributed by atoms with Crippen LogP contribution in [0.15, 0.2) is 47.6 Å². The Hall–Kier alpha value is -2.76. The van der Waals surface area contributed by atoms with Gasteiger partial charge in [0.25, 0.3) is 5.69 Å². The Morgan fingerprint density at radius 1 is 1.00 bits per heavy atom. The highest BCUT2D eigenvalue weighted by atomic mass is 16.6. The van der Waals surface area contributed by atoms with Gasteiger partial charge in [0.05, 0.1) is 4.92 Å². The van der Waals surface area contributed by atoms with Gasteiger partial charge in [0, 0.05) is 28.9 Å². The van der Waals surface area contributed by atoms with Gasteiger partial charge in [-0.1, -0.05) is 18.2 Å². The molecule has 0 aliphatic heterocycles. The summed E-state index contributed by atoms with van der Waals surface area (Å²) >= 11 is 0. The maximum atomic E-state index is 12.0. The molecule has 2 aromatic rings. The minimum atomic E-state index is -0.479. The lowest BCUT2D eigenvalue weighted by molar-refractivity contribution is -0.435. The van der Waals surface area contributed by atoms with Crippen LogP contribution in [0.1, 0.15) is 11.1 Å². The third-order valence-corrected chi connectivity index (χ3v) is 2.91. The van der Waals surface area contributed by atoms with E-state index >= 15 is 0 Å². The molecule has 0 amide bonds. The van der Waals surface area contributed by atoms with Crippen molar-refractivity contribution in [1.29, 1.82) is 0 Å². The SMILES string of the molecule is Cc1cc([N+](=O)[O-])ccc1N=[N+]([O-])c1ccccc1C. The molecule has 0 N–H and O–H groups in total. The van der Waals surface area contributed by atoms with Crippen LogP contribution in [0.3, 0.4) is 0 Å². The average Bonchev–Trinajstić information content (AvgIpc) is 2.41. The Balaban J connectivity index is 2.40. The second-order valence-electron chi connectivity index (χ2n) is 4.39. The van der Waals surface area contributed by atoms with Crippen LogP contribution in [-0.2, 0) is 0 Å². The van der Waals surface area contributed by atoms with E-state index in [1.165, 1.54) is 18.2 Å². The van der Waals surface area contributed by atoms with Gasteiger partial charge >= 0.3 is 0 Å². The van der Waals surface area contributed by atoms with Gasteiger partial charge < -0.3 is 5.21 Å². The van der Waals surface area contributed by atoms with E-state index in [1.54, 1.807) is 19.1 Å². The molecule has 0 saturated carbocycles. The lowest BCUT2D eigenvalue weighted by atomic mass is 10.2. The first-order valence-corrected chi connectivity index (χ1v) is 5.98. The highest BCUT2D eigenvalue weighted by molar-refractivity contribution is 5.51. The van der Waals surface area contributed by atoms with Crippen LogP contribution in [-0.4, -0.2) is 9.78 Å². The van der Waals surface area contributed by atoms with Crippen molar-refractivity contribution in [3.8, 4) is 0 Å². The van der Waals surface area contributed by atoms with E-state index in [0.29, 0.717) is 21.8 Å². The smallest absolute Gasteiger partial charge is 0.269 e. The van der Waals surface area contributed by atoms with Gasteiger partial charge in [-0.3, -0.25) is 10.1 Å². The number of nitro benzene ring substituents is 1. The van der Waals surface area contributed by atoms with Crippen molar-refractivity contribution < 1.29 is 9.78 Å². The molecule has 0 spiro atoms. The van der Waals surface area contributed by atoms with Gasteiger partial charge in [-0.2, -0.15) is 0 Å². The normalized spacial score (nSPS) is 11.4. The zero-order valence-corrected chi connectivity index (χ0v) is 11.1. The lowest BCUT2D eigenvalue weighted by Crippen LogP contribution is -1.94. The van der Waals surface area contributed by atoms with Crippen molar-refractivity contribution in [2.45, 2.75) is 13.8 Å². The summed E-state index contributed by atoms with van der Waals surface area (Å²) in [5, 5.41) is 26.6. The molecule has 102 valence electrons. The highest BCUT2D eigenvalue weighted by Crippen LogP contribution is 2.26. The fraction of sp³-hybridized carbons (Fsp3) is 0.143. The Morgan fingerprint density at radius 2 is 1.70 bits per heavy atom. The highest BCUT2D eigenvalue weighted by Gasteiger charge is 2.11. The van der Waals surface area contributed by atoms with E-state index in [-0.39, 0.29) is 5.69 Å². The van der Waals surface area contributed by atoms with E-state index in [1.807, 2.05) is 19.1 Å². The Bertz CT molecular complexity index is 696. The third kappa shape index (κ3) is 2.80. The topological polar surface area (TPSA) is 81.6 Å². The molecule has 0 unspecified atom stereocenters. The van der Waals surface area contributed by atoms with Gasteiger partial charge in [-0.05, 0) is 30.3 Å². The van der Waals surface area contributed by atoms with E-state index < -0.39 is 4.92 Å². The quantitative estimate of drug-likeness (QED) is 0.364. The minimum Gasteiger partial charge on any atom is -0.594 e. The molecule has 0 radical (unpaired) electrons. The molecule has 0 aliphatic rings. The molecule has 0 atom stereocenters. The summed E-state index contributed by atoms with van der Waals surface area (Å²) in [5.74, 6) is 0. The number of aryl methyl sites for hydroxylation is 2. The molecular weight excluding hydrogens is 258 g/mol. The van der Waals surface area contributed by atoms with Crippen molar-refractivity contribution >= 4 is 17.1 Å². The molecule has 20 heavy (non-hydrogen) atoms. The average molecular weight is 271 g/mol. The Labute approximate surface area is 115 Å². The van der Waals surface area contributed by atoms with Crippen molar-refractivity contribution in [3.05, 3.63) is 68.9 Å². The van der Waals surface area contributed by atoms with Crippen LogP contribution in [0.5, 0.6) is 0 Å². The Morgan fingerprint density at radius 3 is 2.30 bits per heavy atom. The molecule has 0 heterocycles. The second-order valence-corrected chi connectivity index (χ2v) is 4.39. The number of azo groups is 1. The molecule has 0 saturated heterocycles. The Kier molecular flexibility index (Phi) is 3.74. The zero-order valence-electron chi connectivity index (χ0n) is 11.1. The number of benzene rings is 2. The van der Waals surface area contributed by atoms with Crippen LogP contribution in [0.25, 0.3) is 0 Å². The van der Waals surface area contributed by atoms with Gasteiger partial charge in [0.2, 0.25) is 5.69 Å². The predicted octanol–water partition coefficient (Wildman–Crippen LogP) is 4.14. The summed E-state index contributed by atoms with van der Waals surface area (Å²) in [6.07, 6.45) is 0. The van der Waals surface area contributed by atoms with E-state index in [9.17, 15) is 15.3 Å². The zero-order chi connectivity index (χ0) is 14.7. The molecule has 0 aliphatic carbocycles. The fourth-order valence-corrected chi connectivity index (χ4v) is 1.80. The molecule has 0 bridgehead atoms. The maximum absolute atomic E-state index is 12.0. The molecule has 6 nitrogen and oxygen atoms in total. The minimum absolute atomic E-state index is 0.0187. The standard InChI is InChI=1S/C14H13N3O3/c1-10-5-3-4-6-14(10)16(18)15-13-8-7-12(17(19)20)9-11(13)2/h3-9H,1-2H3. The van der Waals surface area contributed by atoms with E-state index in [2.05, 4.69) is 5.11 Å².